The van der Waals surface area contributed by atoms with E-state index in [2.05, 4.69) is 26.7 Å². The number of rotatable bonds is 7. The zero-order valence-corrected chi connectivity index (χ0v) is 13.8. The smallest absolute Gasteiger partial charge is 0.258 e. The summed E-state index contributed by atoms with van der Waals surface area (Å²) >= 11 is 3.18. The second-order valence-corrected chi connectivity index (χ2v) is 6.51. The van der Waals surface area contributed by atoms with Crippen LogP contribution in [0, 0.1) is 0 Å². The van der Waals surface area contributed by atoms with Gasteiger partial charge in [-0.1, -0.05) is 0 Å². The first-order valence-electron chi connectivity index (χ1n) is 7.04. The van der Waals surface area contributed by atoms with Crippen LogP contribution in [0.3, 0.4) is 0 Å². The summed E-state index contributed by atoms with van der Waals surface area (Å²) in [6, 6.07) is 5.45. The highest BCUT2D eigenvalue weighted by molar-refractivity contribution is 7.09. The molecule has 1 atom stereocenters. The molecule has 0 unspecified atom stereocenters. The summed E-state index contributed by atoms with van der Waals surface area (Å²) in [5, 5.41) is 9.91. The van der Waals surface area contributed by atoms with Crippen molar-refractivity contribution in [2.45, 2.75) is 12.5 Å². The molecule has 5 nitrogen and oxygen atoms in total. The fraction of sp³-hybridized carbons (Fsp3) is 0.188. The van der Waals surface area contributed by atoms with Crippen molar-refractivity contribution < 1.29 is 9.53 Å². The fourth-order valence-electron chi connectivity index (χ4n) is 2.07. The number of carbonyl (C=O) groups excluding carboxylic acids is 1. The molecule has 0 bridgehead atoms. The fourth-order valence-corrected chi connectivity index (χ4v) is 3.44. The number of pyridine rings is 1. The third-order valence-corrected chi connectivity index (χ3v) is 4.73. The van der Waals surface area contributed by atoms with E-state index in [0.717, 1.165) is 11.4 Å². The third kappa shape index (κ3) is 4.61. The standard InChI is InChI=1S/C16H15N3O2S2/c20-15(10-21-13-2-1-4-17-9-13)19-14(16-18-5-7-23-16)8-12-3-6-22-11-12/h1-7,9,11,14H,8,10H2,(H,19,20)/t14-/m0/s1. The van der Waals surface area contributed by atoms with Gasteiger partial charge < -0.3 is 10.1 Å². The second-order valence-electron chi connectivity index (χ2n) is 4.80. The van der Waals surface area contributed by atoms with Crippen molar-refractivity contribution in [3.05, 3.63) is 63.5 Å². The Balaban J connectivity index is 1.60. The van der Waals surface area contributed by atoms with Crippen LogP contribution in [-0.4, -0.2) is 22.5 Å². The predicted molar refractivity (Wildman–Crippen MR) is 90.8 cm³/mol. The van der Waals surface area contributed by atoms with Crippen molar-refractivity contribution in [2.75, 3.05) is 6.61 Å². The Bertz CT molecular complexity index is 715. The van der Waals surface area contributed by atoms with Crippen molar-refractivity contribution in [1.82, 2.24) is 15.3 Å². The van der Waals surface area contributed by atoms with Gasteiger partial charge in [0.1, 0.15) is 10.8 Å². The molecule has 0 fully saturated rings. The number of aromatic nitrogens is 2. The molecule has 0 saturated carbocycles. The van der Waals surface area contributed by atoms with Gasteiger partial charge in [-0.25, -0.2) is 4.98 Å². The monoisotopic (exact) mass is 345 g/mol. The normalized spacial score (nSPS) is 11.8. The first-order chi connectivity index (χ1) is 11.3. The van der Waals surface area contributed by atoms with Crippen LogP contribution in [0.25, 0.3) is 0 Å². The van der Waals surface area contributed by atoms with E-state index < -0.39 is 0 Å². The highest BCUT2D eigenvalue weighted by Gasteiger charge is 2.18. The molecule has 3 aromatic rings. The van der Waals surface area contributed by atoms with Gasteiger partial charge in [0.25, 0.3) is 5.91 Å². The van der Waals surface area contributed by atoms with Gasteiger partial charge in [0, 0.05) is 24.2 Å². The minimum absolute atomic E-state index is 0.0444. The maximum Gasteiger partial charge on any atom is 0.258 e. The van der Waals surface area contributed by atoms with E-state index in [4.69, 9.17) is 4.74 Å². The molecule has 7 heteroatoms. The van der Waals surface area contributed by atoms with E-state index >= 15 is 0 Å². The molecule has 0 saturated heterocycles. The highest BCUT2D eigenvalue weighted by Crippen LogP contribution is 2.21. The van der Waals surface area contributed by atoms with E-state index in [1.165, 1.54) is 16.9 Å². The molecule has 1 amide bonds. The maximum atomic E-state index is 12.2. The Hall–Kier alpha value is -2.25. The van der Waals surface area contributed by atoms with Crippen LogP contribution in [0.15, 0.2) is 52.9 Å². The number of nitrogens with one attached hydrogen (secondary N) is 1. The minimum atomic E-state index is -0.177. The molecule has 23 heavy (non-hydrogen) atoms. The van der Waals surface area contributed by atoms with E-state index in [1.807, 2.05) is 10.8 Å². The average Bonchev–Trinajstić information content (AvgIpc) is 3.27. The number of nitrogens with zero attached hydrogens (tertiary/aromatic N) is 2. The Labute approximate surface area is 142 Å². The van der Waals surface area contributed by atoms with E-state index in [9.17, 15) is 4.79 Å². The lowest BCUT2D eigenvalue weighted by atomic mass is 10.1. The largest absolute Gasteiger partial charge is 0.482 e. The first kappa shape index (κ1) is 15.6. The van der Waals surface area contributed by atoms with E-state index in [1.54, 1.807) is 42.1 Å². The average molecular weight is 345 g/mol. The highest BCUT2D eigenvalue weighted by atomic mass is 32.1. The summed E-state index contributed by atoms with van der Waals surface area (Å²) < 4.78 is 5.43. The molecule has 0 aliphatic rings. The number of thiophene rings is 1. The minimum Gasteiger partial charge on any atom is -0.482 e. The van der Waals surface area contributed by atoms with E-state index in [0.29, 0.717) is 5.75 Å². The van der Waals surface area contributed by atoms with Crippen LogP contribution < -0.4 is 10.1 Å². The molecule has 118 valence electrons. The molecule has 0 radical (unpaired) electrons. The molecule has 3 aromatic heterocycles. The number of hydrogen-bond donors (Lipinski definition) is 1. The van der Waals surface area contributed by atoms with Crippen molar-refractivity contribution in [3.63, 3.8) is 0 Å². The van der Waals surface area contributed by atoms with Crippen LogP contribution in [0.2, 0.25) is 0 Å². The maximum absolute atomic E-state index is 12.2. The summed E-state index contributed by atoms with van der Waals surface area (Å²) in [4.78, 5) is 20.4. The number of ether oxygens (including phenoxy) is 1. The Morgan fingerprint density at radius 3 is 2.96 bits per heavy atom. The van der Waals surface area contributed by atoms with Gasteiger partial charge in [-0.3, -0.25) is 9.78 Å². The first-order valence-corrected chi connectivity index (χ1v) is 8.86. The number of carbonyl (C=O) groups is 1. The van der Waals surface area contributed by atoms with Crippen molar-refractivity contribution in [3.8, 4) is 5.75 Å². The molecule has 3 rings (SSSR count). The molecule has 0 aromatic carbocycles. The van der Waals surface area contributed by atoms with Gasteiger partial charge in [0.2, 0.25) is 0 Å². The predicted octanol–water partition coefficient (Wildman–Crippen LogP) is 3.08. The zero-order chi connectivity index (χ0) is 15.9. The summed E-state index contributed by atoms with van der Waals surface area (Å²) in [7, 11) is 0. The van der Waals surface area contributed by atoms with Gasteiger partial charge in [-0.15, -0.1) is 11.3 Å². The van der Waals surface area contributed by atoms with Crippen LogP contribution in [0.5, 0.6) is 5.75 Å². The molecule has 0 aliphatic carbocycles. The van der Waals surface area contributed by atoms with Gasteiger partial charge in [-0.05, 0) is 34.5 Å². The summed E-state index contributed by atoms with van der Waals surface area (Å²) in [5.74, 6) is 0.399. The lowest BCUT2D eigenvalue weighted by Gasteiger charge is -2.16. The molecule has 3 heterocycles. The summed E-state index contributed by atoms with van der Waals surface area (Å²) in [6.07, 6.45) is 5.71. The Kier molecular flexibility index (Phi) is 5.33. The van der Waals surface area contributed by atoms with Gasteiger partial charge >= 0.3 is 0 Å². The number of hydrogen-bond acceptors (Lipinski definition) is 6. The third-order valence-electron chi connectivity index (χ3n) is 3.11. The Morgan fingerprint density at radius 1 is 1.30 bits per heavy atom. The summed E-state index contributed by atoms with van der Waals surface area (Å²) in [6.45, 7) is -0.0444. The number of amides is 1. The van der Waals surface area contributed by atoms with Crippen molar-refractivity contribution in [2.24, 2.45) is 0 Å². The van der Waals surface area contributed by atoms with Crippen molar-refractivity contribution in [1.29, 1.82) is 0 Å². The van der Waals surface area contributed by atoms with Crippen molar-refractivity contribution >= 4 is 28.6 Å². The lowest BCUT2D eigenvalue weighted by Crippen LogP contribution is -2.33. The molecule has 1 N–H and O–H groups in total. The Morgan fingerprint density at radius 2 is 2.26 bits per heavy atom. The zero-order valence-electron chi connectivity index (χ0n) is 12.2. The number of thiazole rings is 1. The van der Waals surface area contributed by atoms with Crippen LogP contribution in [-0.2, 0) is 11.2 Å². The molecule has 0 aliphatic heterocycles. The molecule has 0 spiro atoms. The molecular weight excluding hydrogens is 330 g/mol. The summed E-state index contributed by atoms with van der Waals surface area (Å²) in [5.41, 5.74) is 1.18. The lowest BCUT2D eigenvalue weighted by molar-refractivity contribution is -0.123. The van der Waals surface area contributed by atoms with Crippen LogP contribution in [0.4, 0.5) is 0 Å². The van der Waals surface area contributed by atoms with Crippen LogP contribution in [0.1, 0.15) is 16.6 Å². The van der Waals surface area contributed by atoms with Gasteiger partial charge in [0.05, 0.1) is 12.2 Å². The van der Waals surface area contributed by atoms with Crippen LogP contribution >= 0.6 is 22.7 Å². The van der Waals surface area contributed by atoms with Gasteiger partial charge in [0.15, 0.2) is 6.61 Å². The van der Waals surface area contributed by atoms with Gasteiger partial charge in [-0.2, -0.15) is 11.3 Å². The quantitative estimate of drug-likeness (QED) is 0.715. The van der Waals surface area contributed by atoms with E-state index in [-0.39, 0.29) is 18.6 Å². The SMILES string of the molecule is O=C(COc1cccnc1)N[C@@H](Cc1ccsc1)c1nccs1. The second kappa shape index (κ2) is 7.85. The topological polar surface area (TPSA) is 64.1 Å². The molecular formula is C16H15N3O2S2.